The Kier molecular flexibility index (Phi) is 4.43. The molecule has 0 unspecified atom stereocenters. The maximum atomic E-state index is 13.6. The first-order valence-electron chi connectivity index (χ1n) is 5.28. The Morgan fingerprint density at radius 2 is 2.00 bits per heavy atom. The Labute approximate surface area is 126 Å². The van der Waals surface area contributed by atoms with Crippen molar-refractivity contribution in [3.8, 4) is 0 Å². The second-order valence-corrected chi connectivity index (χ2v) is 8.13. The van der Waals surface area contributed by atoms with Gasteiger partial charge in [-0.15, -0.1) is 11.3 Å². The van der Waals surface area contributed by atoms with Crippen LogP contribution in [0, 0.1) is 11.6 Å². The molecule has 0 aliphatic heterocycles. The SMILES string of the molecule is Nc1cc(F)c(F)c(S(=O)(=O)NCc2ccc(Br)s2)c1. The Morgan fingerprint density at radius 3 is 2.60 bits per heavy atom. The Bertz CT molecular complexity index is 747. The predicted octanol–water partition coefficient (Wildman–Crippen LogP) is 2.85. The summed E-state index contributed by atoms with van der Waals surface area (Å²) in [6, 6.07) is 5.08. The zero-order valence-electron chi connectivity index (χ0n) is 9.86. The standard InChI is InChI=1S/C11H9BrF2N2O2S2/c12-10-2-1-7(19-10)5-16-20(17,18)9-4-6(15)3-8(13)11(9)14/h1-4,16H,5,15H2. The number of nitrogens with two attached hydrogens (primary N) is 1. The van der Waals surface area contributed by atoms with E-state index in [1.54, 1.807) is 12.1 Å². The van der Waals surface area contributed by atoms with Crippen LogP contribution in [0.3, 0.4) is 0 Å². The van der Waals surface area contributed by atoms with Gasteiger partial charge in [-0.05, 0) is 40.2 Å². The van der Waals surface area contributed by atoms with Crippen LogP contribution in [-0.4, -0.2) is 8.42 Å². The van der Waals surface area contributed by atoms with Crippen LogP contribution in [0.2, 0.25) is 0 Å². The van der Waals surface area contributed by atoms with E-state index in [-0.39, 0.29) is 12.2 Å². The lowest BCUT2D eigenvalue weighted by molar-refractivity contribution is 0.484. The number of thiophene rings is 1. The molecule has 4 nitrogen and oxygen atoms in total. The average Bonchev–Trinajstić information content (AvgIpc) is 2.77. The summed E-state index contributed by atoms with van der Waals surface area (Å²) < 4.78 is 53.7. The molecule has 0 atom stereocenters. The number of hydrogen-bond acceptors (Lipinski definition) is 4. The molecule has 9 heteroatoms. The Balaban J connectivity index is 2.27. The molecule has 1 heterocycles. The molecule has 0 radical (unpaired) electrons. The molecule has 3 N–H and O–H groups in total. The van der Waals surface area contributed by atoms with Crippen LogP contribution >= 0.6 is 27.3 Å². The molecule has 0 aliphatic carbocycles. The van der Waals surface area contributed by atoms with Crippen molar-refractivity contribution < 1.29 is 17.2 Å². The minimum absolute atomic E-state index is 0.0194. The highest BCUT2D eigenvalue weighted by Crippen LogP contribution is 2.24. The summed E-state index contributed by atoms with van der Waals surface area (Å²) in [5.74, 6) is -2.75. The van der Waals surface area contributed by atoms with Crippen molar-refractivity contribution in [1.82, 2.24) is 4.72 Å². The molecule has 0 amide bonds. The van der Waals surface area contributed by atoms with Crippen molar-refractivity contribution in [2.24, 2.45) is 0 Å². The summed E-state index contributed by atoms with van der Waals surface area (Å²) in [5, 5.41) is 0. The van der Waals surface area contributed by atoms with Gasteiger partial charge in [0, 0.05) is 17.1 Å². The van der Waals surface area contributed by atoms with Crippen molar-refractivity contribution in [2.75, 3.05) is 5.73 Å². The lowest BCUT2D eigenvalue weighted by Gasteiger charge is -2.08. The highest BCUT2D eigenvalue weighted by Gasteiger charge is 2.22. The molecule has 1 aromatic carbocycles. The number of nitrogen functional groups attached to an aromatic ring is 1. The third kappa shape index (κ3) is 3.35. The zero-order valence-corrected chi connectivity index (χ0v) is 13.1. The summed E-state index contributed by atoms with van der Waals surface area (Å²) in [5.41, 5.74) is 5.17. The maximum absolute atomic E-state index is 13.6. The van der Waals surface area contributed by atoms with E-state index in [2.05, 4.69) is 20.7 Å². The predicted molar refractivity (Wildman–Crippen MR) is 76.8 cm³/mol. The summed E-state index contributed by atoms with van der Waals surface area (Å²) in [6.07, 6.45) is 0. The molecule has 0 saturated carbocycles. The van der Waals surface area contributed by atoms with Gasteiger partial charge >= 0.3 is 0 Å². The number of benzene rings is 1. The second-order valence-electron chi connectivity index (χ2n) is 3.85. The number of nitrogens with one attached hydrogen (secondary N) is 1. The van der Waals surface area contributed by atoms with Crippen molar-refractivity contribution in [3.63, 3.8) is 0 Å². The van der Waals surface area contributed by atoms with Crippen LogP contribution in [0.5, 0.6) is 0 Å². The molecule has 0 saturated heterocycles. The first-order valence-corrected chi connectivity index (χ1v) is 8.37. The fourth-order valence-corrected chi connectivity index (χ4v) is 4.11. The van der Waals surface area contributed by atoms with E-state index in [9.17, 15) is 17.2 Å². The van der Waals surface area contributed by atoms with Gasteiger partial charge in [0.2, 0.25) is 10.0 Å². The van der Waals surface area contributed by atoms with Crippen LogP contribution in [0.4, 0.5) is 14.5 Å². The molecule has 1 aromatic heterocycles. The molecule has 2 aromatic rings. The highest BCUT2D eigenvalue weighted by atomic mass is 79.9. The van der Waals surface area contributed by atoms with Crippen LogP contribution in [-0.2, 0) is 16.6 Å². The molecule has 0 spiro atoms. The number of halogens is 3. The quantitative estimate of drug-likeness (QED) is 0.798. The Hall–Kier alpha value is -1.03. The summed E-state index contributed by atoms with van der Waals surface area (Å²) in [6.45, 7) is -0.0194. The van der Waals surface area contributed by atoms with Crippen LogP contribution < -0.4 is 10.5 Å². The molecular weight excluding hydrogens is 374 g/mol. The van der Waals surface area contributed by atoms with Crippen molar-refractivity contribution in [2.45, 2.75) is 11.4 Å². The molecule has 0 fully saturated rings. The van der Waals surface area contributed by atoms with Gasteiger partial charge < -0.3 is 5.73 Å². The van der Waals surface area contributed by atoms with Crippen LogP contribution in [0.1, 0.15) is 4.88 Å². The summed E-state index contributed by atoms with van der Waals surface area (Å²) in [7, 11) is -4.18. The largest absolute Gasteiger partial charge is 0.399 e. The third-order valence-electron chi connectivity index (χ3n) is 2.37. The number of rotatable bonds is 4. The summed E-state index contributed by atoms with van der Waals surface area (Å²) >= 11 is 4.57. The fourth-order valence-electron chi connectivity index (χ4n) is 1.47. The van der Waals surface area contributed by atoms with Gasteiger partial charge in [-0.2, -0.15) is 0 Å². The molecule has 108 valence electrons. The monoisotopic (exact) mass is 382 g/mol. The normalized spacial score (nSPS) is 11.8. The van der Waals surface area contributed by atoms with Crippen LogP contribution in [0.25, 0.3) is 0 Å². The number of sulfonamides is 1. The van der Waals surface area contributed by atoms with Crippen molar-refractivity contribution >= 4 is 43.0 Å². The van der Waals surface area contributed by atoms with Gasteiger partial charge in [0.15, 0.2) is 11.6 Å². The topological polar surface area (TPSA) is 72.2 Å². The van der Waals surface area contributed by atoms with E-state index in [0.717, 1.165) is 20.8 Å². The van der Waals surface area contributed by atoms with E-state index in [4.69, 9.17) is 5.73 Å². The minimum Gasteiger partial charge on any atom is -0.399 e. The average molecular weight is 383 g/mol. The van der Waals surface area contributed by atoms with Gasteiger partial charge in [0.05, 0.1) is 3.79 Å². The van der Waals surface area contributed by atoms with Crippen molar-refractivity contribution in [3.05, 3.63) is 44.6 Å². The fraction of sp³-hybridized carbons (Fsp3) is 0.0909. The van der Waals surface area contributed by atoms with Gasteiger partial charge in [-0.25, -0.2) is 21.9 Å². The van der Waals surface area contributed by atoms with E-state index in [1.807, 2.05) is 0 Å². The van der Waals surface area contributed by atoms with Crippen molar-refractivity contribution in [1.29, 1.82) is 0 Å². The molecular formula is C11H9BrF2N2O2S2. The molecule has 0 bridgehead atoms. The zero-order chi connectivity index (χ0) is 14.9. The smallest absolute Gasteiger partial charge is 0.244 e. The van der Waals surface area contributed by atoms with Gasteiger partial charge in [-0.1, -0.05) is 0 Å². The van der Waals surface area contributed by atoms with Gasteiger partial charge in [0.25, 0.3) is 0 Å². The van der Waals surface area contributed by atoms with Crippen LogP contribution in [0.15, 0.2) is 32.9 Å². The Morgan fingerprint density at radius 1 is 1.30 bits per heavy atom. The van der Waals surface area contributed by atoms with E-state index >= 15 is 0 Å². The summed E-state index contributed by atoms with van der Waals surface area (Å²) in [4.78, 5) is -0.0733. The van der Waals surface area contributed by atoms with E-state index in [1.165, 1.54) is 11.3 Å². The van der Waals surface area contributed by atoms with Gasteiger partial charge in [0.1, 0.15) is 4.90 Å². The van der Waals surface area contributed by atoms with E-state index < -0.39 is 26.6 Å². The highest BCUT2D eigenvalue weighted by molar-refractivity contribution is 9.11. The first-order chi connectivity index (χ1) is 9.29. The van der Waals surface area contributed by atoms with Gasteiger partial charge in [-0.3, -0.25) is 0 Å². The third-order valence-corrected chi connectivity index (χ3v) is 5.40. The molecule has 0 aliphatic rings. The number of hydrogen-bond donors (Lipinski definition) is 2. The molecule has 2 rings (SSSR count). The lowest BCUT2D eigenvalue weighted by Crippen LogP contribution is -2.24. The second kappa shape index (κ2) is 5.76. The van der Waals surface area contributed by atoms with E-state index in [0.29, 0.717) is 0 Å². The molecule has 20 heavy (non-hydrogen) atoms. The minimum atomic E-state index is -4.18. The maximum Gasteiger partial charge on any atom is 0.244 e. The first kappa shape index (κ1) is 15.4. The number of anilines is 1. The lowest BCUT2D eigenvalue weighted by atomic mass is 10.3.